The first-order valence-electron chi connectivity index (χ1n) is 8.15. The van der Waals surface area contributed by atoms with Crippen LogP contribution in [-0.4, -0.2) is 5.78 Å². The summed E-state index contributed by atoms with van der Waals surface area (Å²) in [6.07, 6.45) is 3.90. The van der Waals surface area contributed by atoms with Gasteiger partial charge >= 0.3 is 0 Å². The van der Waals surface area contributed by atoms with Crippen molar-refractivity contribution in [2.24, 2.45) is 5.92 Å². The second-order valence-corrected chi connectivity index (χ2v) is 6.22. The highest BCUT2D eigenvalue weighted by atomic mass is 16.1. The Balaban J connectivity index is 1.90. The van der Waals surface area contributed by atoms with Gasteiger partial charge in [-0.15, -0.1) is 0 Å². The topological polar surface area (TPSA) is 29.1 Å². The molecule has 114 valence electrons. The van der Waals surface area contributed by atoms with Gasteiger partial charge in [0.1, 0.15) is 5.78 Å². The molecule has 0 aromatic heterocycles. The number of anilines is 1. The van der Waals surface area contributed by atoms with Crippen molar-refractivity contribution in [3.63, 3.8) is 0 Å². The van der Waals surface area contributed by atoms with Gasteiger partial charge in [-0.05, 0) is 37.5 Å². The summed E-state index contributed by atoms with van der Waals surface area (Å²) in [6, 6.07) is 18.8. The normalized spacial score (nSPS) is 19.7. The van der Waals surface area contributed by atoms with Gasteiger partial charge in [0, 0.05) is 18.0 Å². The van der Waals surface area contributed by atoms with Gasteiger partial charge in [-0.25, -0.2) is 0 Å². The Labute approximate surface area is 132 Å². The van der Waals surface area contributed by atoms with Gasteiger partial charge in [-0.3, -0.25) is 4.79 Å². The monoisotopic (exact) mass is 293 g/mol. The molecule has 0 spiro atoms. The van der Waals surface area contributed by atoms with Crippen molar-refractivity contribution in [3.8, 4) is 0 Å². The van der Waals surface area contributed by atoms with Gasteiger partial charge in [-0.2, -0.15) is 0 Å². The van der Waals surface area contributed by atoms with Crippen molar-refractivity contribution >= 4 is 11.5 Å². The molecule has 2 aromatic carbocycles. The number of aryl methyl sites for hydroxylation is 1. The molecule has 2 unspecified atom stereocenters. The van der Waals surface area contributed by atoms with Crippen molar-refractivity contribution in [1.82, 2.24) is 0 Å². The molecule has 1 aliphatic carbocycles. The van der Waals surface area contributed by atoms with Crippen molar-refractivity contribution in [2.75, 3.05) is 5.32 Å². The van der Waals surface area contributed by atoms with E-state index in [1.807, 2.05) is 18.2 Å². The van der Waals surface area contributed by atoms with E-state index in [1.54, 1.807) is 0 Å². The van der Waals surface area contributed by atoms with Crippen LogP contribution < -0.4 is 5.32 Å². The number of hydrogen-bond acceptors (Lipinski definition) is 2. The molecule has 1 saturated carbocycles. The lowest BCUT2D eigenvalue weighted by Crippen LogP contribution is -2.30. The highest BCUT2D eigenvalue weighted by Crippen LogP contribution is 2.34. The van der Waals surface area contributed by atoms with Crippen molar-refractivity contribution in [1.29, 1.82) is 0 Å². The number of nitrogens with one attached hydrogen (secondary N) is 1. The molecule has 3 rings (SSSR count). The number of carbonyl (C=O) groups is 1. The molecule has 1 fully saturated rings. The van der Waals surface area contributed by atoms with E-state index < -0.39 is 0 Å². The molecule has 2 atom stereocenters. The highest BCUT2D eigenvalue weighted by molar-refractivity contribution is 5.83. The number of Topliss-reactive ketones (excluding diaryl/α,β-unsaturated/α-hetero) is 1. The number of benzene rings is 2. The van der Waals surface area contributed by atoms with Crippen LogP contribution >= 0.6 is 0 Å². The van der Waals surface area contributed by atoms with Gasteiger partial charge in [0.05, 0.1) is 6.04 Å². The standard InChI is InChI=1S/C20H23NO/c1-15-11-13-16(14-12-15)20(18-9-5-6-10-19(18)22)21-17-7-3-2-4-8-17/h2-4,7-8,11-14,18,20-21H,5-6,9-10H2,1H3. The van der Waals surface area contributed by atoms with E-state index in [4.69, 9.17) is 0 Å². The summed E-state index contributed by atoms with van der Waals surface area (Å²) in [4.78, 5) is 12.4. The van der Waals surface area contributed by atoms with E-state index in [-0.39, 0.29) is 12.0 Å². The minimum atomic E-state index is 0.0656. The molecule has 2 nitrogen and oxygen atoms in total. The summed E-state index contributed by atoms with van der Waals surface area (Å²) in [7, 11) is 0. The van der Waals surface area contributed by atoms with Crippen LogP contribution in [0.15, 0.2) is 54.6 Å². The molecule has 2 aromatic rings. The average Bonchev–Trinajstić information content (AvgIpc) is 2.55. The molecule has 0 radical (unpaired) electrons. The van der Waals surface area contributed by atoms with Crippen LogP contribution in [0.5, 0.6) is 0 Å². The third-order valence-electron chi connectivity index (χ3n) is 4.54. The molecular weight excluding hydrogens is 270 g/mol. The summed E-state index contributed by atoms with van der Waals surface area (Å²) in [5.41, 5.74) is 3.53. The Morgan fingerprint density at radius 2 is 1.73 bits per heavy atom. The first-order chi connectivity index (χ1) is 10.7. The van der Waals surface area contributed by atoms with Crippen LogP contribution in [0.1, 0.15) is 42.9 Å². The lowest BCUT2D eigenvalue weighted by Gasteiger charge is -2.31. The number of ketones is 1. The number of para-hydroxylation sites is 1. The van der Waals surface area contributed by atoms with E-state index in [0.29, 0.717) is 5.78 Å². The number of hydrogen-bond donors (Lipinski definition) is 1. The minimum absolute atomic E-state index is 0.0656. The fraction of sp³-hybridized carbons (Fsp3) is 0.350. The van der Waals surface area contributed by atoms with Gasteiger partial charge in [0.2, 0.25) is 0 Å². The Hall–Kier alpha value is -2.09. The Morgan fingerprint density at radius 1 is 1.00 bits per heavy atom. The highest BCUT2D eigenvalue weighted by Gasteiger charge is 2.31. The SMILES string of the molecule is Cc1ccc(C(Nc2ccccc2)C2CCCCC2=O)cc1. The molecule has 1 N–H and O–H groups in total. The van der Waals surface area contributed by atoms with Crippen LogP contribution in [0.2, 0.25) is 0 Å². The Kier molecular flexibility index (Phi) is 4.57. The number of carbonyl (C=O) groups excluding carboxylic acids is 1. The van der Waals surface area contributed by atoms with Gasteiger partial charge in [0.25, 0.3) is 0 Å². The molecule has 22 heavy (non-hydrogen) atoms. The van der Waals surface area contributed by atoms with E-state index in [2.05, 4.69) is 48.6 Å². The lowest BCUT2D eigenvalue weighted by atomic mass is 9.80. The van der Waals surface area contributed by atoms with Crippen LogP contribution in [0.3, 0.4) is 0 Å². The van der Waals surface area contributed by atoms with Crippen molar-refractivity contribution in [2.45, 2.75) is 38.6 Å². The quantitative estimate of drug-likeness (QED) is 0.868. The number of rotatable bonds is 4. The fourth-order valence-corrected chi connectivity index (χ4v) is 3.27. The summed E-state index contributed by atoms with van der Waals surface area (Å²) in [5.74, 6) is 0.483. The van der Waals surface area contributed by atoms with Gasteiger partial charge in [-0.1, -0.05) is 54.4 Å². The van der Waals surface area contributed by atoms with Gasteiger partial charge < -0.3 is 5.32 Å². The second kappa shape index (κ2) is 6.78. The summed E-state index contributed by atoms with van der Waals surface area (Å²) >= 11 is 0. The predicted molar refractivity (Wildman–Crippen MR) is 90.9 cm³/mol. The smallest absolute Gasteiger partial charge is 0.138 e. The van der Waals surface area contributed by atoms with Crippen molar-refractivity contribution in [3.05, 3.63) is 65.7 Å². The first kappa shape index (κ1) is 14.8. The molecule has 0 heterocycles. The molecule has 0 bridgehead atoms. The summed E-state index contributed by atoms with van der Waals surface area (Å²) < 4.78 is 0. The third kappa shape index (κ3) is 3.38. The predicted octanol–water partition coefficient (Wildman–Crippen LogP) is 4.91. The molecular formula is C20H23NO. The van der Waals surface area contributed by atoms with Crippen LogP contribution in [0.4, 0.5) is 5.69 Å². The summed E-state index contributed by atoms with van der Waals surface area (Å²) in [5, 5.41) is 3.59. The molecule has 1 aliphatic rings. The maximum Gasteiger partial charge on any atom is 0.138 e. The zero-order valence-electron chi connectivity index (χ0n) is 13.1. The van der Waals surface area contributed by atoms with Crippen LogP contribution in [0, 0.1) is 12.8 Å². The van der Waals surface area contributed by atoms with Crippen molar-refractivity contribution < 1.29 is 4.79 Å². The Bertz CT molecular complexity index is 618. The van der Waals surface area contributed by atoms with Crippen LogP contribution in [0.25, 0.3) is 0 Å². The van der Waals surface area contributed by atoms with Crippen LogP contribution in [-0.2, 0) is 4.79 Å². The average molecular weight is 293 g/mol. The zero-order chi connectivity index (χ0) is 15.4. The largest absolute Gasteiger partial charge is 0.378 e. The molecule has 2 heteroatoms. The van der Waals surface area contributed by atoms with E-state index >= 15 is 0 Å². The molecule has 0 aliphatic heterocycles. The van der Waals surface area contributed by atoms with E-state index in [9.17, 15) is 4.79 Å². The third-order valence-corrected chi connectivity index (χ3v) is 4.54. The maximum atomic E-state index is 12.4. The fourth-order valence-electron chi connectivity index (χ4n) is 3.27. The molecule has 0 amide bonds. The van der Waals surface area contributed by atoms with Gasteiger partial charge in [0.15, 0.2) is 0 Å². The van der Waals surface area contributed by atoms with E-state index in [0.717, 1.165) is 31.4 Å². The van der Waals surface area contributed by atoms with E-state index in [1.165, 1.54) is 11.1 Å². The zero-order valence-corrected chi connectivity index (χ0v) is 13.1. The maximum absolute atomic E-state index is 12.4. The minimum Gasteiger partial charge on any atom is -0.378 e. The molecule has 0 saturated heterocycles. The first-order valence-corrected chi connectivity index (χ1v) is 8.15. The second-order valence-electron chi connectivity index (χ2n) is 6.22. The lowest BCUT2D eigenvalue weighted by molar-refractivity contribution is -0.125. The summed E-state index contributed by atoms with van der Waals surface area (Å²) in [6.45, 7) is 2.09. The Morgan fingerprint density at radius 3 is 2.41 bits per heavy atom.